The van der Waals surface area contributed by atoms with Gasteiger partial charge in [-0.3, -0.25) is 4.98 Å². The van der Waals surface area contributed by atoms with Crippen molar-refractivity contribution >= 4 is 5.65 Å². The zero-order valence-corrected chi connectivity index (χ0v) is 12.3. The minimum absolute atomic E-state index is 0. The van der Waals surface area contributed by atoms with Crippen molar-refractivity contribution in [3.8, 4) is 11.4 Å². The maximum absolute atomic E-state index is 4.67. The molecule has 18 heavy (non-hydrogen) atoms. The summed E-state index contributed by atoms with van der Waals surface area (Å²) in [6.45, 7) is 4.36. The zero-order chi connectivity index (χ0) is 11.6. The Morgan fingerprint density at radius 3 is 2.94 bits per heavy atom. The molecule has 4 rings (SSSR count). The Balaban J connectivity index is 0.000001000. The van der Waals surface area contributed by atoms with E-state index in [4.69, 9.17) is 0 Å². The van der Waals surface area contributed by atoms with Gasteiger partial charge in [-0.1, -0.05) is 12.3 Å². The summed E-state index contributed by atoms with van der Waals surface area (Å²) >= 11 is 0. The molecular formula is C13H11N4Pt-. The second-order valence-corrected chi connectivity index (χ2v) is 4.87. The van der Waals surface area contributed by atoms with Gasteiger partial charge in [-0.05, 0) is 38.0 Å². The summed E-state index contributed by atoms with van der Waals surface area (Å²) in [4.78, 5) is 8.77. The Labute approximate surface area is 119 Å². The van der Waals surface area contributed by atoms with Crippen LogP contribution in [0.4, 0.5) is 0 Å². The maximum Gasteiger partial charge on any atom is 0.123 e. The van der Waals surface area contributed by atoms with E-state index >= 15 is 0 Å². The van der Waals surface area contributed by atoms with Crippen LogP contribution in [0.5, 0.6) is 0 Å². The number of hydrogen-bond acceptors (Lipinski definition) is 2. The normalized spacial score (nSPS) is 15.2. The molecule has 0 N–H and O–H groups in total. The first-order valence-electron chi connectivity index (χ1n) is 5.63. The van der Waals surface area contributed by atoms with Gasteiger partial charge in [-0.15, -0.1) is 0 Å². The van der Waals surface area contributed by atoms with E-state index in [2.05, 4.69) is 45.2 Å². The molecular weight excluding hydrogens is 407 g/mol. The Morgan fingerprint density at radius 1 is 1.28 bits per heavy atom. The monoisotopic (exact) mass is 418 g/mol. The van der Waals surface area contributed by atoms with Gasteiger partial charge in [0.2, 0.25) is 0 Å². The summed E-state index contributed by atoms with van der Waals surface area (Å²) in [5.41, 5.74) is 4.04. The van der Waals surface area contributed by atoms with Crippen LogP contribution in [0, 0.1) is 6.20 Å². The average molecular weight is 418 g/mol. The molecule has 0 saturated carbocycles. The smallest absolute Gasteiger partial charge is 0.123 e. The van der Waals surface area contributed by atoms with Crippen molar-refractivity contribution in [2.45, 2.75) is 19.4 Å². The number of imidazole rings is 2. The molecule has 1 aliphatic heterocycles. The zero-order valence-electron chi connectivity index (χ0n) is 9.99. The molecule has 3 aromatic rings. The summed E-state index contributed by atoms with van der Waals surface area (Å²) in [6.07, 6.45) is 6.91. The van der Waals surface area contributed by atoms with Gasteiger partial charge in [0.05, 0.1) is 5.54 Å². The largest absolute Gasteiger partial charge is 0.393 e. The van der Waals surface area contributed by atoms with E-state index in [1.165, 1.54) is 5.69 Å². The number of nitrogens with zero attached hydrogens (tertiary/aromatic N) is 4. The molecule has 0 radical (unpaired) electrons. The molecule has 0 amide bonds. The van der Waals surface area contributed by atoms with Gasteiger partial charge in [0.25, 0.3) is 0 Å². The minimum atomic E-state index is -0.127. The Morgan fingerprint density at radius 2 is 2.11 bits per heavy atom. The molecule has 0 aliphatic carbocycles. The number of hydrogen-bond donors (Lipinski definition) is 0. The van der Waals surface area contributed by atoms with Crippen LogP contribution in [0.15, 0.2) is 30.7 Å². The average Bonchev–Trinajstić information content (AvgIpc) is 2.96. The van der Waals surface area contributed by atoms with E-state index in [1.54, 1.807) is 0 Å². The van der Waals surface area contributed by atoms with Gasteiger partial charge >= 0.3 is 0 Å². The van der Waals surface area contributed by atoms with Crippen molar-refractivity contribution in [2.24, 2.45) is 0 Å². The quantitative estimate of drug-likeness (QED) is 0.525. The Hall–Kier alpha value is -1.41. The van der Waals surface area contributed by atoms with Crippen molar-refractivity contribution in [1.82, 2.24) is 18.9 Å². The topological polar surface area (TPSA) is 35.1 Å². The molecule has 0 fully saturated rings. The molecule has 3 aromatic heterocycles. The third-order valence-corrected chi connectivity index (χ3v) is 3.52. The number of pyridine rings is 1. The first-order chi connectivity index (χ1) is 8.19. The molecule has 0 unspecified atom stereocenters. The van der Waals surface area contributed by atoms with Crippen LogP contribution in [0.3, 0.4) is 0 Å². The van der Waals surface area contributed by atoms with E-state index in [-0.39, 0.29) is 26.6 Å². The summed E-state index contributed by atoms with van der Waals surface area (Å²) in [7, 11) is 0. The van der Waals surface area contributed by atoms with Crippen molar-refractivity contribution < 1.29 is 21.1 Å². The second-order valence-electron chi connectivity index (χ2n) is 4.87. The first kappa shape index (κ1) is 11.7. The summed E-state index contributed by atoms with van der Waals surface area (Å²) in [5, 5.41) is 0. The summed E-state index contributed by atoms with van der Waals surface area (Å²) in [6, 6.07) is 6.06. The van der Waals surface area contributed by atoms with E-state index in [1.807, 2.05) is 24.5 Å². The Bertz CT molecular complexity index is 738. The third-order valence-electron chi connectivity index (χ3n) is 3.52. The van der Waals surface area contributed by atoms with E-state index in [0.29, 0.717) is 0 Å². The fourth-order valence-electron chi connectivity index (χ4n) is 2.71. The van der Waals surface area contributed by atoms with Gasteiger partial charge in [0.1, 0.15) is 5.65 Å². The summed E-state index contributed by atoms with van der Waals surface area (Å²) < 4.78 is 4.28. The van der Waals surface area contributed by atoms with Crippen LogP contribution in [0.1, 0.15) is 19.5 Å². The van der Waals surface area contributed by atoms with Crippen LogP contribution >= 0.6 is 0 Å². The molecule has 0 bridgehead atoms. The fraction of sp³-hybridized carbons (Fsp3) is 0.231. The third kappa shape index (κ3) is 1.19. The maximum atomic E-state index is 4.67. The van der Waals surface area contributed by atoms with Crippen molar-refractivity contribution in [1.29, 1.82) is 0 Å². The van der Waals surface area contributed by atoms with E-state index in [9.17, 15) is 0 Å². The molecule has 0 saturated heterocycles. The van der Waals surface area contributed by atoms with Gasteiger partial charge < -0.3 is 14.0 Å². The molecule has 0 spiro atoms. The number of fused-ring (bicyclic) bond motifs is 5. The van der Waals surface area contributed by atoms with Gasteiger partial charge in [-0.25, -0.2) is 0 Å². The molecule has 1 aliphatic rings. The number of rotatable bonds is 0. The van der Waals surface area contributed by atoms with Crippen LogP contribution < -0.4 is 0 Å². The Kier molecular flexibility index (Phi) is 2.30. The molecule has 0 atom stereocenters. The molecule has 4 nitrogen and oxygen atoms in total. The van der Waals surface area contributed by atoms with Crippen LogP contribution in [0.2, 0.25) is 0 Å². The first-order valence-corrected chi connectivity index (χ1v) is 5.63. The van der Waals surface area contributed by atoms with E-state index < -0.39 is 0 Å². The molecule has 0 aromatic carbocycles. The molecule has 5 heteroatoms. The van der Waals surface area contributed by atoms with Crippen molar-refractivity contribution in [3.63, 3.8) is 0 Å². The second kappa shape index (κ2) is 3.55. The minimum Gasteiger partial charge on any atom is -0.393 e. The van der Waals surface area contributed by atoms with Crippen LogP contribution in [-0.2, 0) is 26.6 Å². The SMILES string of the molecule is CC1(C)c2c(nc3ccccn23)-c2[c-]ncn21.[Pt]. The van der Waals surface area contributed by atoms with Crippen molar-refractivity contribution in [2.75, 3.05) is 0 Å². The van der Waals surface area contributed by atoms with Gasteiger partial charge in [-0.2, -0.15) is 0 Å². The predicted octanol–water partition coefficient (Wildman–Crippen LogP) is 2.09. The van der Waals surface area contributed by atoms with Crippen molar-refractivity contribution in [3.05, 3.63) is 42.6 Å². The molecule has 4 heterocycles. The molecule has 94 valence electrons. The summed E-state index contributed by atoms with van der Waals surface area (Å²) in [5.74, 6) is 0. The van der Waals surface area contributed by atoms with Crippen LogP contribution in [-0.4, -0.2) is 18.9 Å². The van der Waals surface area contributed by atoms with Crippen LogP contribution in [0.25, 0.3) is 17.0 Å². The van der Waals surface area contributed by atoms with Gasteiger partial charge in [0, 0.05) is 38.6 Å². The number of aromatic nitrogens is 4. The standard InChI is InChI=1S/C13H11N4.Pt/c1-13(2)12-11(9-7-14-8-17(9)13)15-10-5-3-4-6-16(10)12;/h3-6,8H,1-2H3;/q-1;. The fourth-order valence-corrected chi connectivity index (χ4v) is 2.71. The predicted molar refractivity (Wildman–Crippen MR) is 63.7 cm³/mol. The van der Waals surface area contributed by atoms with E-state index in [0.717, 1.165) is 17.0 Å². The van der Waals surface area contributed by atoms with Gasteiger partial charge in [0.15, 0.2) is 0 Å².